The molecular formula is C23H22ClNO3. The summed E-state index contributed by atoms with van der Waals surface area (Å²) < 4.78 is 10.9. The number of rotatable bonds is 8. The molecule has 0 spiro atoms. The Kier molecular flexibility index (Phi) is 6.56. The van der Waals surface area contributed by atoms with Gasteiger partial charge in [-0.1, -0.05) is 41.9 Å². The number of hydrogen-bond donors (Lipinski definition) is 1. The van der Waals surface area contributed by atoms with Crippen LogP contribution in [0.4, 0.5) is 5.69 Å². The van der Waals surface area contributed by atoms with Gasteiger partial charge in [-0.25, -0.2) is 0 Å². The molecule has 0 fully saturated rings. The van der Waals surface area contributed by atoms with E-state index in [9.17, 15) is 4.79 Å². The minimum absolute atomic E-state index is 0.0462. The average molecular weight is 396 g/mol. The molecule has 0 aliphatic heterocycles. The lowest BCUT2D eigenvalue weighted by Gasteiger charge is -2.22. The van der Waals surface area contributed by atoms with Gasteiger partial charge in [-0.05, 0) is 36.4 Å². The molecule has 0 aliphatic rings. The molecule has 3 rings (SSSR count). The van der Waals surface area contributed by atoms with Gasteiger partial charge in [-0.2, -0.15) is 0 Å². The highest BCUT2D eigenvalue weighted by atomic mass is 35.5. The minimum atomic E-state index is -0.283. The van der Waals surface area contributed by atoms with Crippen molar-refractivity contribution in [3.05, 3.63) is 88.9 Å². The Balaban J connectivity index is 1.94. The van der Waals surface area contributed by atoms with Crippen LogP contribution >= 0.6 is 11.6 Å². The lowest BCUT2D eigenvalue weighted by Crippen LogP contribution is -2.16. The third-order valence-electron chi connectivity index (χ3n) is 4.49. The van der Waals surface area contributed by atoms with Crippen molar-refractivity contribution in [1.82, 2.24) is 0 Å². The predicted octanol–water partition coefficient (Wildman–Crippen LogP) is 5.78. The second-order valence-electron chi connectivity index (χ2n) is 6.31. The number of ether oxygens (including phenoxy) is 2. The number of anilines is 1. The van der Waals surface area contributed by atoms with Crippen LogP contribution in [0.15, 0.2) is 72.8 Å². The van der Waals surface area contributed by atoms with Crippen molar-refractivity contribution in [2.45, 2.75) is 12.5 Å². The molecule has 5 heteroatoms. The summed E-state index contributed by atoms with van der Waals surface area (Å²) in [7, 11) is 3.22. The molecule has 0 saturated heterocycles. The third kappa shape index (κ3) is 4.84. The van der Waals surface area contributed by atoms with E-state index in [-0.39, 0.29) is 18.2 Å². The molecular weight excluding hydrogens is 374 g/mol. The zero-order valence-electron chi connectivity index (χ0n) is 15.8. The van der Waals surface area contributed by atoms with Gasteiger partial charge in [0.1, 0.15) is 11.5 Å². The summed E-state index contributed by atoms with van der Waals surface area (Å²) >= 11 is 5.99. The second kappa shape index (κ2) is 9.29. The summed E-state index contributed by atoms with van der Waals surface area (Å²) in [5, 5.41) is 4.09. The summed E-state index contributed by atoms with van der Waals surface area (Å²) in [6, 6.07) is 22.0. The third-order valence-corrected chi connectivity index (χ3v) is 4.74. The number of hydrogen-bond acceptors (Lipinski definition) is 4. The molecule has 3 aromatic rings. The highest BCUT2D eigenvalue weighted by Crippen LogP contribution is 2.34. The maximum Gasteiger partial charge on any atom is 0.165 e. The van der Waals surface area contributed by atoms with Gasteiger partial charge in [0.2, 0.25) is 0 Å². The molecule has 1 N–H and O–H groups in total. The Morgan fingerprint density at radius 1 is 0.964 bits per heavy atom. The van der Waals surface area contributed by atoms with Gasteiger partial charge < -0.3 is 14.8 Å². The first-order chi connectivity index (χ1) is 13.6. The topological polar surface area (TPSA) is 47.6 Å². The van der Waals surface area contributed by atoms with Crippen LogP contribution in [0.25, 0.3) is 0 Å². The van der Waals surface area contributed by atoms with E-state index in [1.54, 1.807) is 14.2 Å². The van der Waals surface area contributed by atoms with E-state index < -0.39 is 0 Å². The molecule has 28 heavy (non-hydrogen) atoms. The summed E-state index contributed by atoms with van der Waals surface area (Å²) in [5.41, 5.74) is 2.42. The Labute approximate surface area is 170 Å². The summed E-state index contributed by atoms with van der Waals surface area (Å²) in [6.07, 6.45) is 0.273. The van der Waals surface area contributed by atoms with E-state index in [1.165, 1.54) is 0 Å². The molecule has 0 aliphatic carbocycles. The second-order valence-corrected chi connectivity index (χ2v) is 6.74. The van der Waals surface area contributed by atoms with Gasteiger partial charge in [-0.15, -0.1) is 0 Å². The van der Waals surface area contributed by atoms with Gasteiger partial charge in [0.15, 0.2) is 5.78 Å². The normalized spacial score (nSPS) is 11.5. The number of ketones is 1. The molecule has 1 atom stereocenters. The molecule has 4 nitrogen and oxygen atoms in total. The van der Waals surface area contributed by atoms with Gasteiger partial charge in [0.05, 0.1) is 20.3 Å². The van der Waals surface area contributed by atoms with E-state index in [0.29, 0.717) is 22.1 Å². The number of benzene rings is 3. The van der Waals surface area contributed by atoms with Gasteiger partial charge in [0.25, 0.3) is 0 Å². The maximum atomic E-state index is 12.9. The van der Waals surface area contributed by atoms with Crippen LogP contribution in [0.1, 0.15) is 28.4 Å². The first-order valence-electron chi connectivity index (χ1n) is 8.93. The Morgan fingerprint density at radius 2 is 1.68 bits per heavy atom. The fraction of sp³-hybridized carbons (Fsp3) is 0.174. The molecule has 0 heterocycles. The smallest absolute Gasteiger partial charge is 0.165 e. The molecule has 144 valence electrons. The van der Waals surface area contributed by atoms with Crippen LogP contribution in [0.5, 0.6) is 11.5 Å². The van der Waals surface area contributed by atoms with Crippen LogP contribution in [0.2, 0.25) is 5.02 Å². The van der Waals surface area contributed by atoms with Crippen LogP contribution < -0.4 is 14.8 Å². The largest absolute Gasteiger partial charge is 0.497 e. The highest BCUT2D eigenvalue weighted by molar-refractivity contribution is 6.30. The van der Waals surface area contributed by atoms with Crippen molar-refractivity contribution in [2.24, 2.45) is 0 Å². The van der Waals surface area contributed by atoms with Crippen molar-refractivity contribution in [1.29, 1.82) is 0 Å². The van der Waals surface area contributed by atoms with E-state index in [4.69, 9.17) is 21.1 Å². The Bertz CT molecular complexity index is 926. The molecule has 3 aromatic carbocycles. The molecule has 0 saturated carbocycles. The number of carbonyl (C=O) groups is 1. The van der Waals surface area contributed by atoms with Crippen molar-refractivity contribution in [2.75, 3.05) is 19.5 Å². The van der Waals surface area contributed by atoms with E-state index in [0.717, 1.165) is 11.3 Å². The monoisotopic (exact) mass is 395 g/mol. The van der Waals surface area contributed by atoms with Gasteiger partial charge >= 0.3 is 0 Å². The van der Waals surface area contributed by atoms with Crippen molar-refractivity contribution in [3.63, 3.8) is 0 Å². The SMILES string of the molecule is COc1ccc(C(CC(=O)c2ccccc2)Nc2ccc(Cl)cc2)c(OC)c1. The quantitative estimate of drug-likeness (QED) is 0.491. The number of Topliss-reactive ketones (excluding diaryl/α,β-unsaturated/α-hetero) is 1. The van der Waals surface area contributed by atoms with E-state index in [1.807, 2.05) is 72.8 Å². The first-order valence-corrected chi connectivity index (χ1v) is 9.31. The van der Waals surface area contributed by atoms with Crippen LogP contribution in [-0.4, -0.2) is 20.0 Å². The highest BCUT2D eigenvalue weighted by Gasteiger charge is 2.21. The van der Waals surface area contributed by atoms with Crippen molar-refractivity contribution < 1.29 is 14.3 Å². The van der Waals surface area contributed by atoms with E-state index >= 15 is 0 Å². The minimum Gasteiger partial charge on any atom is -0.497 e. The molecule has 0 aromatic heterocycles. The molecule has 0 radical (unpaired) electrons. The predicted molar refractivity (Wildman–Crippen MR) is 113 cm³/mol. The number of carbonyl (C=O) groups excluding carboxylic acids is 1. The summed E-state index contributed by atoms with van der Waals surface area (Å²) in [6.45, 7) is 0. The maximum absolute atomic E-state index is 12.9. The number of halogens is 1. The van der Waals surface area contributed by atoms with Crippen molar-refractivity contribution in [3.8, 4) is 11.5 Å². The lowest BCUT2D eigenvalue weighted by molar-refractivity contribution is 0.0976. The van der Waals surface area contributed by atoms with Crippen LogP contribution in [-0.2, 0) is 0 Å². The average Bonchev–Trinajstić information content (AvgIpc) is 2.74. The van der Waals surface area contributed by atoms with Crippen molar-refractivity contribution >= 4 is 23.1 Å². The standard InChI is InChI=1S/C23H22ClNO3/c1-27-19-12-13-20(23(14-19)28-2)21(25-18-10-8-17(24)9-11-18)15-22(26)16-6-4-3-5-7-16/h3-14,21,25H,15H2,1-2H3. The van der Waals surface area contributed by atoms with Gasteiger partial charge in [-0.3, -0.25) is 4.79 Å². The van der Waals surface area contributed by atoms with Crippen LogP contribution in [0, 0.1) is 0 Å². The summed E-state index contributed by atoms with van der Waals surface area (Å²) in [4.78, 5) is 12.9. The molecule has 0 bridgehead atoms. The zero-order chi connectivity index (χ0) is 19.9. The fourth-order valence-corrected chi connectivity index (χ4v) is 3.15. The first kappa shape index (κ1) is 19.8. The Morgan fingerprint density at radius 3 is 2.32 bits per heavy atom. The molecule has 1 unspecified atom stereocenters. The van der Waals surface area contributed by atoms with E-state index in [2.05, 4.69) is 5.32 Å². The van der Waals surface area contributed by atoms with Gasteiger partial charge in [0, 0.05) is 34.3 Å². The summed E-state index contributed by atoms with van der Waals surface area (Å²) in [5.74, 6) is 1.40. The zero-order valence-corrected chi connectivity index (χ0v) is 16.6. The Hall–Kier alpha value is -2.98. The number of methoxy groups -OCH3 is 2. The molecule has 0 amide bonds. The number of nitrogens with one attached hydrogen (secondary N) is 1. The fourth-order valence-electron chi connectivity index (χ4n) is 3.02. The van der Waals surface area contributed by atoms with Crippen LogP contribution in [0.3, 0.4) is 0 Å². The lowest BCUT2D eigenvalue weighted by atomic mass is 9.96.